The van der Waals surface area contributed by atoms with Gasteiger partial charge >= 0.3 is 0 Å². The van der Waals surface area contributed by atoms with E-state index in [0.717, 1.165) is 23.4 Å². The maximum absolute atomic E-state index is 13.3. The first-order chi connectivity index (χ1) is 16.6. The average Bonchev–Trinajstić information content (AvgIpc) is 3.52. The monoisotopic (exact) mass is 473 g/mol. The van der Waals surface area contributed by atoms with Crippen molar-refractivity contribution in [2.24, 2.45) is 0 Å². The van der Waals surface area contributed by atoms with E-state index in [1.165, 1.54) is 11.3 Å². The van der Waals surface area contributed by atoms with Crippen molar-refractivity contribution in [2.75, 3.05) is 18.4 Å². The molecule has 34 heavy (non-hydrogen) atoms. The van der Waals surface area contributed by atoms with Gasteiger partial charge in [-0.15, -0.1) is 11.3 Å². The maximum Gasteiger partial charge on any atom is 0.275 e. The Bertz CT molecular complexity index is 1290. The van der Waals surface area contributed by atoms with E-state index in [9.17, 15) is 9.59 Å². The summed E-state index contributed by atoms with van der Waals surface area (Å²) in [4.78, 5) is 36.3. The van der Waals surface area contributed by atoms with Crippen LogP contribution in [0.15, 0.2) is 64.8 Å². The van der Waals surface area contributed by atoms with Crippen LogP contribution in [0.2, 0.25) is 0 Å². The number of nitrogens with one attached hydrogen (secondary N) is 1. The van der Waals surface area contributed by atoms with Crippen molar-refractivity contribution in [3.8, 4) is 11.3 Å². The second-order valence-corrected chi connectivity index (χ2v) is 9.05. The molecule has 4 aromatic rings. The number of hydrogen-bond donors (Lipinski definition) is 1. The smallest absolute Gasteiger partial charge is 0.275 e. The second kappa shape index (κ2) is 9.56. The molecule has 2 amide bonds. The van der Waals surface area contributed by atoms with E-state index in [2.05, 4.69) is 20.4 Å². The number of hydrogen-bond acceptors (Lipinski definition) is 7. The first-order valence-corrected chi connectivity index (χ1v) is 12.0. The van der Waals surface area contributed by atoms with Gasteiger partial charge in [0.15, 0.2) is 0 Å². The van der Waals surface area contributed by atoms with Gasteiger partial charge in [-0.25, -0.2) is 4.98 Å². The van der Waals surface area contributed by atoms with Gasteiger partial charge < -0.3 is 14.7 Å². The van der Waals surface area contributed by atoms with Crippen LogP contribution in [0.5, 0.6) is 0 Å². The van der Waals surface area contributed by atoms with Gasteiger partial charge in [-0.3, -0.25) is 14.6 Å². The summed E-state index contributed by atoms with van der Waals surface area (Å²) >= 11 is 1.49. The Hall–Kier alpha value is -3.85. The Morgan fingerprint density at radius 2 is 1.91 bits per heavy atom. The van der Waals surface area contributed by atoms with Crippen molar-refractivity contribution in [1.29, 1.82) is 0 Å². The molecule has 1 saturated heterocycles. The first-order valence-electron chi connectivity index (χ1n) is 11.1. The number of rotatable bonds is 5. The Balaban J connectivity index is 1.24. The number of benzene rings is 1. The molecule has 9 heteroatoms. The normalized spacial score (nSPS) is 14.2. The number of carbonyl (C=O) groups excluding carboxylic acids is 2. The quantitative estimate of drug-likeness (QED) is 0.448. The summed E-state index contributed by atoms with van der Waals surface area (Å²) in [6.45, 7) is 2.99. The minimum Gasteiger partial charge on any atom is -0.360 e. The van der Waals surface area contributed by atoms with E-state index in [1.807, 2.05) is 35.2 Å². The second-order valence-electron chi connectivity index (χ2n) is 8.16. The number of aryl methyl sites for hydroxylation is 1. The van der Waals surface area contributed by atoms with Gasteiger partial charge in [0.2, 0.25) is 0 Å². The van der Waals surface area contributed by atoms with Crippen LogP contribution in [0.4, 0.5) is 5.69 Å². The minimum atomic E-state index is -0.250. The van der Waals surface area contributed by atoms with Gasteiger partial charge in [0.05, 0.1) is 16.9 Å². The van der Waals surface area contributed by atoms with Crippen LogP contribution in [0, 0.1) is 6.92 Å². The molecule has 172 valence electrons. The lowest BCUT2D eigenvalue weighted by Crippen LogP contribution is -2.38. The van der Waals surface area contributed by atoms with E-state index < -0.39 is 0 Å². The largest absolute Gasteiger partial charge is 0.360 e. The summed E-state index contributed by atoms with van der Waals surface area (Å²) in [5.41, 5.74) is 2.99. The van der Waals surface area contributed by atoms with Crippen LogP contribution in [0.3, 0.4) is 0 Å². The fourth-order valence-electron chi connectivity index (χ4n) is 4.12. The zero-order valence-electron chi connectivity index (χ0n) is 18.6. The lowest BCUT2D eigenvalue weighted by Gasteiger charge is -2.31. The number of anilines is 1. The van der Waals surface area contributed by atoms with Crippen LogP contribution in [0.25, 0.3) is 11.3 Å². The summed E-state index contributed by atoms with van der Waals surface area (Å²) in [5, 5.41) is 9.66. The standard InChI is InChI=1S/C25H23N5O3S/c1-16-21(22(29-33-16)17-6-3-2-4-7-17)25(32)30-12-9-18(10-13-30)24-28-20(15-34-24)23(31)27-19-8-5-11-26-14-19/h2-8,11,14-15,18H,9-10,12-13H2,1H3,(H,27,31). The van der Waals surface area contributed by atoms with E-state index in [-0.39, 0.29) is 17.7 Å². The van der Waals surface area contributed by atoms with Crippen LogP contribution >= 0.6 is 11.3 Å². The lowest BCUT2D eigenvalue weighted by molar-refractivity contribution is 0.0712. The number of nitrogens with zero attached hydrogens (tertiary/aromatic N) is 4. The molecule has 0 unspecified atom stereocenters. The highest BCUT2D eigenvalue weighted by molar-refractivity contribution is 7.10. The van der Waals surface area contributed by atoms with E-state index >= 15 is 0 Å². The summed E-state index contributed by atoms with van der Waals surface area (Å²) < 4.78 is 5.37. The molecule has 4 heterocycles. The van der Waals surface area contributed by atoms with Crippen molar-refractivity contribution in [3.05, 3.63) is 82.3 Å². The molecule has 0 saturated carbocycles. The van der Waals surface area contributed by atoms with Gasteiger partial charge in [-0.1, -0.05) is 35.5 Å². The fourth-order valence-corrected chi connectivity index (χ4v) is 5.09. The van der Waals surface area contributed by atoms with Crippen LogP contribution in [-0.4, -0.2) is 44.9 Å². The van der Waals surface area contributed by atoms with Crippen molar-refractivity contribution >= 4 is 28.8 Å². The highest BCUT2D eigenvalue weighted by atomic mass is 32.1. The molecule has 0 spiro atoms. The maximum atomic E-state index is 13.3. The van der Waals surface area contributed by atoms with Crippen molar-refractivity contribution < 1.29 is 14.1 Å². The Kier molecular flexibility index (Phi) is 6.18. The highest BCUT2D eigenvalue weighted by Crippen LogP contribution is 2.33. The molecule has 1 fully saturated rings. The summed E-state index contributed by atoms with van der Waals surface area (Å²) in [7, 11) is 0. The van der Waals surface area contributed by atoms with Crippen molar-refractivity contribution in [2.45, 2.75) is 25.7 Å². The number of aromatic nitrogens is 3. The van der Waals surface area contributed by atoms with Crippen LogP contribution in [-0.2, 0) is 0 Å². The molecule has 1 aliphatic heterocycles. The lowest BCUT2D eigenvalue weighted by atomic mass is 9.96. The predicted molar refractivity (Wildman–Crippen MR) is 129 cm³/mol. The van der Waals surface area contributed by atoms with Crippen LogP contribution in [0.1, 0.15) is 50.4 Å². The van der Waals surface area contributed by atoms with Crippen molar-refractivity contribution in [1.82, 2.24) is 20.0 Å². The van der Waals surface area contributed by atoms with Crippen LogP contribution < -0.4 is 5.32 Å². The fraction of sp³-hybridized carbons (Fsp3) is 0.240. The average molecular weight is 474 g/mol. The SMILES string of the molecule is Cc1onc(-c2ccccc2)c1C(=O)N1CCC(c2nc(C(=O)Nc3cccnc3)cs2)CC1. The zero-order chi connectivity index (χ0) is 23.5. The van der Waals surface area contributed by atoms with Gasteiger partial charge in [-0.2, -0.15) is 0 Å². The number of thiazole rings is 1. The Labute approximate surface area is 200 Å². The number of piperidine rings is 1. The van der Waals surface area contributed by atoms with Gasteiger partial charge in [0.25, 0.3) is 11.8 Å². The molecule has 8 nitrogen and oxygen atoms in total. The van der Waals surface area contributed by atoms with Gasteiger partial charge in [-0.05, 0) is 31.9 Å². The highest BCUT2D eigenvalue weighted by Gasteiger charge is 2.30. The van der Waals surface area contributed by atoms with Gasteiger partial charge in [0.1, 0.15) is 22.7 Å². The predicted octanol–water partition coefficient (Wildman–Crippen LogP) is 4.77. The molecule has 0 radical (unpaired) electrons. The number of likely N-dealkylation sites (tertiary alicyclic amines) is 1. The summed E-state index contributed by atoms with van der Waals surface area (Å²) in [5.74, 6) is 0.424. The topological polar surface area (TPSA) is 101 Å². The molecule has 1 N–H and O–H groups in total. The molecule has 3 aromatic heterocycles. The number of carbonyl (C=O) groups is 2. The molecular formula is C25H23N5O3S. The molecule has 0 aliphatic carbocycles. The van der Waals surface area contributed by atoms with E-state index in [0.29, 0.717) is 41.5 Å². The molecule has 0 atom stereocenters. The molecule has 1 aromatic carbocycles. The molecular weight excluding hydrogens is 450 g/mol. The molecule has 0 bridgehead atoms. The van der Waals surface area contributed by atoms with Crippen molar-refractivity contribution in [3.63, 3.8) is 0 Å². The number of pyridine rings is 1. The zero-order valence-corrected chi connectivity index (χ0v) is 19.4. The summed E-state index contributed by atoms with van der Waals surface area (Å²) in [6, 6.07) is 13.1. The third kappa shape index (κ3) is 4.47. The Morgan fingerprint density at radius 1 is 1.12 bits per heavy atom. The van der Waals surface area contributed by atoms with Gasteiger partial charge in [0, 0.05) is 36.1 Å². The molecule has 1 aliphatic rings. The third-order valence-corrected chi connectivity index (χ3v) is 6.94. The van der Waals surface area contributed by atoms with E-state index in [4.69, 9.17) is 4.52 Å². The third-order valence-electron chi connectivity index (χ3n) is 5.93. The first kappa shape index (κ1) is 22.0. The molecule has 5 rings (SSSR count). The number of amides is 2. The summed E-state index contributed by atoms with van der Waals surface area (Å²) in [6.07, 6.45) is 4.82. The minimum absolute atomic E-state index is 0.0632. The Morgan fingerprint density at radius 3 is 2.65 bits per heavy atom. The van der Waals surface area contributed by atoms with E-state index in [1.54, 1.807) is 36.8 Å².